The van der Waals surface area contributed by atoms with Crippen LogP contribution in [0.2, 0.25) is 0 Å². The number of hydrogen-bond acceptors (Lipinski definition) is 1. The van der Waals surface area contributed by atoms with Crippen LogP contribution in [0.3, 0.4) is 0 Å². The van der Waals surface area contributed by atoms with Crippen molar-refractivity contribution in [3.8, 4) is 11.4 Å². The Kier molecular flexibility index (Phi) is 6.18. The van der Waals surface area contributed by atoms with E-state index < -0.39 is 0 Å². The summed E-state index contributed by atoms with van der Waals surface area (Å²) in [5.41, 5.74) is 8.97. The molecule has 0 aliphatic heterocycles. The van der Waals surface area contributed by atoms with E-state index in [2.05, 4.69) is 111 Å². The van der Waals surface area contributed by atoms with Crippen LogP contribution in [0.25, 0.3) is 55.0 Å². The van der Waals surface area contributed by atoms with Gasteiger partial charge in [-0.25, -0.2) is 8.78 Å². The van der Waals surface area contributed by atoms with E-state index in [0.29, 0.717) is 0 Å². The number of halogens is 2. The molecule has 0 N–H and O–H groups in total. The van der Waals surface area contributed by atoms with Gasteiger partial charge in [0.15, 0.2) is 0 Å². The van der Waals surface area contributed by atoms with Crippen LogP contribution in [-0.4, -0.2) is 9.13 Å². The summed E-state index contributed by atoms with van der Waals surface area (Å²) in [6.45, 7) is 0. The zero-order valence-electron chi connectivity index (χ0n) is 25.2. The summed E-state index contributed by atoms with van der Waals surface area (Å²) >= 11 is 0. The molecule has 0 unspecified atom stereocenters. The monoisotopic (exact) mass is 611 g/mol. The molecule has 0 radical (unpaired) electrons. The summed E-state index contributed by atoms with van der Waals surface area (Å²) in [5, 5.41) is 4.45. The highest BCUT2D eigenvalue weighted by molar-refractivity contribution is 6.17. The van der Waals surface area contributed by atoms with Crippen molar-refractivity contribution < 1.29 is 8.78 Å². The van der Waals surface area contributed by atoms with Crippen molar-refractivity contribution in [1.82, 2.24) is 9.13 Å². The van der Waals surface area contributed by atoms with Crippen LogP contribution < -0.4 is 4.90 Å². The van der Waals surface area contributed by atoms with Gasteiger partial charge >= 0.3 is 0 Å². The zero-order valence-corrected chi connectivity index (χ0v) is 25.2. The van der Waals surface area contributed by atoms with Gasteiger partial charge in [0.05, 0.1) is 27.8 Å². The third kappa shape index (κ3) is 4.32. The van der Waals surface area contributed by atoms with Crippen molar-refractivity contribution in [2.75, 3.05) is 4.90 Å². The summed E-state index contributed by atoms with van der Waals surface area (Å²) in [6.07, 6.45) is 0. The van der Waals surface area contributed by atoms with Crippen LogP contribution >= 0.6 is 0 Å². The highest BCUT2D eigenvalue weighted by atomic mass is 19.1. The number of para-hydroxylation sites is 3. The molecule has 2 aromatic heterocycles. The lowest BCUT2D eigenvalue weighted by Crippen LogP contribution is -2.10. The number of benzene rings is 7. The van der Waals surface area contributed by atoms with Crippen LogP contribution in [0, 0.1) is 11.6 Å². The molecule has 0 bridgehead atoms. The average Bonchev–Trinajstić information content (AvgIpc) is 3.63. The summed E-state index contributed by atoms with van der Waals surface area (Å²) in [4.78, 5) is 2.30. The quantitative estimate of drug-likeness (QED) is 0.189. The maximum Gasteiger partial charge on any atom is 0.123 e. The molecule has 47 heavy (non-hydrogen) atoms. The van der Waals surface area contributed by atoms with Crippen LogP contribution in [0.4, 0.5) is 25.8 Å². The fraction of sp³-hybridized carbons (Fsp3) is 0. The topological polar surface area (TPSA) is 13.1 Å². The first-order valence-electron chi connectivity index (χ1n) is 15.6. The minimum atomic E-state index is -0.265. The van der Waals surface area contributed by atoms with E-state index in [0.717, 1.165) is 72.0 Å². The lowest BCUT2D eigenvalue weighted by Gasteiger charge is -2.27. The average molecular weight is 612 g/mol. The Bertz CT molecular complexity index is 2580. The molecule has 3 nitrogen and oxygen atoms in total. The third-order valence-electron chi connectivity index (χ3n) is 9.02. The fourth-order valence-electron chi connectivity index (χ4n) is 7.03. The van der Waals surface area contributed by atoms with Gasteiger partial charge in [-0.05, 0) is 97.1 Å². The number of nitrogens with zero attached hydrogens (tertiary/aromatic N) is 3. The second-order valence-electron chi connectivity index (χ2n) is 11.7. The van der Waals surface area contributed by atoms with Crippen LogP contribution in [0.5, 0.6) is 0 Å². The molecule has 0 saturated heterocycles. The minimum absolute atomic E-state index is 0.265. The molecule has 0 fully saturated rings. The fourth-order valence-corrected chi connectivity index (χ4v) is 7.03. The van der Waals surface area contributed by atoms with E-state index >= 15 is 0 Å². The zero-order chi connectivity index (χ0) is 31.5. The molecular weight excluding hydrogens is 584 g/mol. The van der Waals surface area contributed by atoms with Gasteiger partial charge in [0.1, 0.15) is 11.6 Å². The van der Waals surface area contributed by atoms with Crippen molar-refractivity contribution in [2.24, 2.45) is 0 Å². The normalized spacial score (nSPS) is 11.6. The molecule has 0 amide bonds. The van der Waals surface area contributed by atoms with Gasteiger partial charge in [0.25, 0.3) is 0 Å². The number of rotatable bonds is 5. The summed E-state index contributed by atoms with van der Waals surface area (Å²) in [6, 6.07) is 53.4. The van der Waals surface area contributed by atoms with E-state index in [1.807, 2.05) is 42.5 Å². The van der Waals surface area contributed by atoms with Crippen LogP contribution in [-0.2, 0) is 0 Å². The van der Waals surface area contributed by atoms with E-state index in [-0.39, 0.29) is 11.6 Å². The Labute approximate surface area is 269 Å². The summed E-state index contributed by atoms with van der Waals surface area (Å²) in [7, 11) is 0. The molecule has 0 aliphatic carbocycles. The Hall–Kier alpha value is -6.20. The first-order chi connectivity index (χ1) is 23.2. The summed E-state index contributed by atoms with van der Waals surface area (Å²) < 4.78 is 32.4. The minimum Gasteiger partial charge on any atom is -0.310 e. The van der Waals surface area contributed by atoms with E-state index in [1.165, 1.54) is 24.3 Å². The molecule has 224 valence electrons. The number of fused-ring (bicyclic) bond motifs is 6. The second kappa shape index (κ2) is 10.7. The molecule has 9 rings (SSSR count). The van der Waals surface area contributed by atoms with Crippen molar-refractivity contribution in [3.05, 3.63) is 175 Å². The van der Waals surface area contributed by atoms with E-state index in [9.17, 15) is 8.78 Å². The maximum atomic E-state index is 14.0. The Morgan fingerprint density at radius 1 is 0.383 bits per heavy atom. The molecule has 0 saturated carbocycles. The van der Waals surface area contributed by atoms with Crippen molar-refractivity contribution in [2.45, 2.75) is 0 Å². The Balaban J connectivity index is 1.35. The molecule has 2 heterocycles. The first-order valence-corrected chi connectivity index (χ1v) is 15.6. The molecular formula is C42H27F2N3. The molecule has 9 aromatic rings. The highest BCUT2D eigenvalue weighted by Gasteiger charge is 2.22. The number of hydrogen-bond donors (Lipinski definition) is 0. The third-order valence-corrected chi connectivity index (χ3v) is 9.02. The smallest absolute Gasteiger partial charge is 0.123 e. The molecule has 7 aromatic carbocycles. The molecule has 5 heteroatoms. The van der Waals surface area contributed by atoms with Gasteiger partial charge in [-0.2, -0.15) is 0 Å². The first kappa shape index (κ1) is 27.1. The van der Waals surface area contributed by atoms with Crippen LogP contribution in [0.1, 0.15) is 0 Å². The van der Waals surface area contributed by atoms with Gasteiger partial charge in [-0.1, -0.05) is 66.7 Å². The predicted octanol–water partition coefficient (Wildman–Crippen LogP) is 11.6. The van der Waals surface area contributed by atoms with E-state index in [4.69, 9.17) is 0 Å². The van der Waals surface area contributed by atoms with Crippen molar-refractivity contribution in [3.63, 3.8) is 0 Å². The second-order valence-corrected chi connectivity index (χ2v) is 11.7. The highest BCUT2D eigenvalue weighted by Crippen LogP contribution is 2.45. The van der Waals surface area contributed by atoms with Gasteiger partial charge in [-0.3, -0.25) is 0 Å². The van der Waals surface area contributed by atoms with Crippen molar-refractivity contribution >= 4 is 60.7 Å². The SMILES string of the molecule is Fc1ccc(-n2c3ccccc3c3ccc(N(c4ccccc4)c4cccc5c4c4ccccc4n5-c4ccc(F)cc4)cc32)cc1. The number of anilines is 3. The van der Waals surface area contributed by atoms with Gasteiger partial charge < -0.3 is 14.0 Å². The summed E-state index contributed by atoms with van der Waals surface area (Å²) in [5.74, 6) is -0.530. The van der Waals surface area contributed by atoms with Gasteiger partial charge in [0, 0.05) is 44.3 Å². The molecule has 0 aliphatic rings. The maximum absolute atomic E-state index is 14.0. The predicted molar refractivity (Wildman–Crippen MR) is 190 cm³/mol. The van der Waals surface area contributed by atoms with Gasteiger partial charge in [0.2, 0.25) is 0 Å². The standard InChI is InChI=1S/C42H27F2N3/c43-28-17-21-31(22-18-28)46-38-14-7-5-12-36(38)42-39(15-8-16-40(42)46)45(30-9-2-1-3-10-30)33-25-26-35-34-11-4-6-13-37(34)47(41(35)27-33)32-23-19-29(44)20-24-32/h1-27H. The van der Waals surface area contributed by atoms with Gasteiger partial charge in [-0.15, -0.1) is 0 Å². The lowest BCUT2D eigenvalue weighted by molar-refractivity contribution is 0.627. The Morgan fingerprint density at radius 3 is 1.60 bits per heavy atom. The molecule has 0 atom stereocenters. The molecule has 0 spiro atoms. The largest absolute Gasteiger partial charge is 0.310 e. The number of aromatic nitrogens is 2. The van der Waals surface area contributed by atoms with Crippen molar-refractivity contribution in [1.29, 1.82) is 0 Å². The lowest BCUT2D eigenvalue weighted by atomic mass is 10.1. The van der Waals surface area contributed by atoms with Crippen LogP contribution in [0.15, 0.2) is 164 Å². The van der Waals surface area contributed by atoms with E-state index in [1.54, 1.807) is 0 Å². The Morgan fingerprint density at radius 2 is 0.915 bits per heavy atom.